The predicted molar refractivity (Wildman–Crippen MR) is 142 cm³/mol. The highest BCUT2D eigenvalue weighted by molar-refractivity contribution is 7.99. The second-order valence-corrected chi connectivity index (χ2v) is 9.42. The van der Waals surface area contributed by atoms with Crippen molar-refractivity contribution in [3.8, 4) is 23.3 Å². The van der Waals surface area contributed by atoms with Crippen LogP contribution >= 0.6 is 11.8 Å². The van der Waals surface area contributed by atoms with Crippen molar-refractivity contribution in [2.75, 3.05) is 22.1 Å². The van der Waals surface area contributed by atoms with Gasteiger partial charge in [0.2, 0.25) is 11.8 Å². The van der Waals surface area contributed by atoms with Crippen LogP contribution in [-0.2, 0) is 9.59 Å². The number of thioether (sulfide) groups is 1. The van der Waals surface area contributed by atoms with Crippen molar-refractivity contribution in [1.29, 1.82) is 10.5 Å². The van der Waals surface area contributed by atoms with Crippen LogP contribution in [0.3, 0.4) is 0 Å². The Hall–Kier alpha value is -4.34. The van der Waals surface area contributed by atoms with E-state index in [1.54, 1.807) is 24.3 Å². The molecule has 0 saturated carbocycles. The zero-order valence-electron chi connectivity index (χ0n) is 20.3. The molecule has 0 fully saturated rings. The van der Waals surface area contributed by atoms with E-state index in [9.17, 15) is 20.1 Å². The SMILES string of the molecule is CC(=O)Nc1ccc(NC(=O)CCSc2nc(N)c(C#N)c(-c3ccc(C(C)C)cc3)c2C#N)cc1. The number of hydrogen-bond acceptors (Lipinski definition) is 7. The molecule has 0 saturated heterocycles. The minimum atomic E-state index is -0.209. The van der Waals surface area contributed by atoms with E-state index >= 15 is 0 Å². The number of nitriles is 2. The van der Waals surface area contributed by atoms with Gasteiger partial charge in [-0.3, -0.25) is 9.59 Å². The first-order chi connectivity index (χ1) is 17.2. The van der Waals surface area contributed by atoms with E-state index in [-0.39, 0.29) is 35.2 Å². The zero-order chi connectivity index (χ0) is 26.2. The highest BCUT2D eigenvalue weighted by atomic mass is 32.2. The molecule has 2 aromatic carbocycles. The number of hydrogen-bond donors (Lipinski definition) is 3. The van der Waals surface area contributed by atoms with Crippen LogP contribution in [0.25, 0.3) is 11.1 Å². The smallest absolute Gasteiger partial charge is 0.225 e. The van der Waals surface area contributed by atoms with Crippen LogP contribution in [-0.4, -0.2) is 22.6 Å². The molecule has 0 spiro atoms. The monoisotopic (exact) mass is 498 g/mol. The van der Waals surface area contributed by atoms with E-state index in [0.29, 0.717) is 39.2 Å². The molecule has 0 aliphatic heterocycles. The van der Waals surface area contributed by atoms with Gasteiger partial charge in [-0.1, -0.05) is 38.1 Å². The number of rotatable bonds is 8. The summed E-state index contributed by atoms with van der Waals surface area (Å²) < 4.78 is 0. The molecule has 182 valence electrons. The van der Waals surface area contributed by atoms with E-state index in [4.69, 9.17) is 5.73 Å². The molecule has 0 atom stereocenters. The van der Waals surface area contributed by atoms with Gasteiger partial charge in [-0.15, -0.1) is 11.8 Å². The Bertz CT molecular complexity index is 1350. The Morgan fingerprint density at radius 1 is 0.972 bits per heavy atom. The van der Waals surface area contributed by atoms with E-state index in [1.165, 1.54) is 18.7 Å². The number of aromatic nitrogens is 1. The topological polar surface area (TPSA) is 145 Å². The lowest BCUT2D eigenvalue weighted by atomic mass is 9.94. The summed E-state index contributed by atoms with van der Waals surface area (Å²) >= 11 is 1.24. The molecule has 3 aromatic rings. The molecule has 0 unspecified atom stereocenters. The molecular formula is C27H26N6O2S. The van der Waals surface area contributed by atoms with Crippen molar-refractivity contribution in [3.63, 3.8) is 0 Å². The number of amides is 2. The van der Waals surface area contributed by atoms with E-state index in [1.807, 2.05) is 24.3 Å². The van der Waals surface area contributed by atoms with E-state index < -0.39 is 0 Å². The van der Waals surface area contributed by atoms with Gasteiger partial charge in [-0.05, 0) is 41.3 Å². The van der Waals surface area contributed by atoms with Gasteiger partial charge in [-0.2, -0.15) is 10.5 Å². The van der Waals surface area contributed by atoms with Crippen molar-refractivity contribution in [1.82, 2.24) is 4.98 Å². The van der Waals surface area contributed by atoms with Gasteiger partial charge >= 0.3 is 0 Å². The highest BCUT2D eigenvalue weighted by Crippen LogP contribution is 2.36. The summed E-state index contributed by atoms with van der Waals surface area (Å²) in [7, 11) is 0. The minimum absolute atomic E-state index is 0.0469. The fourth-order valence-corrected chi connectivity index (χ4v) is 4.47. The van der Waals surface area contributed by atoms with Gasteiger partial charge in [0.15, 0.2) is 0 Å². The third-order valence-corrected chi connectivity index (χ3v) is 6.32. The fourth-order valence-electron chi connectivity index (χ4n) is 3.53. The number of carbonyl (C=O) groups is 2. The van der Waals surface area contributed by atoms with Gasteiger partial charge < -0.3 is 16.4 Å². The molecule has 8 nitrogen and oxygen atoms in total. The fraction of sp³-hybridized carbons (Fsp3) is 0.222. The Kier molecular flexibility index (Phi) is 8.66. The van der Waals surface area contributed by atoms with Crippen LogP contribution in [0.2, 0.25) is 0 Å². The lowest BCUT2D eigenvalue weighted by molar-refractivity contribution is -0.116. The van der Waals surface area contributed by atoms with Crippen molar-refractivity contribution in [2.24, 2.45) is 0 Å². The van der Waals surface area contributed by atoms with Crippen LogP contribution in [0.15, 0.2) is 53.6 Å². The van der Waals surface area contributed by atoms with Crippen molar-refractivity contribution < 1.29 is 9.59 Å². The number of carbonyl (C=O) groups excluding carboxylic acids is 2. The Labute approximate surface area is 214 Å². The molecule has 1 heterocycles. The molecule has 3 rings (SSSR count). The Balaban J connectivity index is 1.75. The second kappa shape index (κ2) is 11.9. The number of nitrogens with one attached hydrogen (secondary N) is 2. The van der Waals surface area contributed by atoms with Crippen molar-refractivity contribution in [3.05, 3.63) is 65.2 Å². The summed E-state index contributed by atoms with van der Waals surface area (Å²) in [5.41, 5.74) is 10.1. The summed E-state index contributed by atoms with van der Waals surface area (Å²) in [6, 6.07) is 18.8. The second-order valence-electron chi connectivity index (χ2n) is 8.33. The van der Waals surface area contributed by atoms with Gasteiger partial charge in [0.25, 0.3) is 0 Å². The van der Waals surface area contributed by atoms with Crippen LogP contribution in [0.5, 0.6) is 0 Å². The first-order valence-corrected chi connectivity index (χ1v) is 12.3. The highest BCUT2D eigenvalue weighted by Gasteiger charge is 2.21. The number of nitrogen functional groups attached to an aromatic ring is 1. The Morgan fingerprint density at radius 3 is 2.08 bits per heavy atom. The molecule has 0 radical (unpaired) electrons. The maximum absolute atomic E-state index is 12.4. The average molecular weight is 499 g/mol. The van der Waals surface area contributed by atoms with Crippen molar-refractivity contribution in [2.45, 2.75) is 38.1 Å². The number of nitrogens with zero attached hydrogens (tertiary/aromatic N) is 3. The summed E-state index contributed by atoms with van der Waals surface area (Å²) in [5.74, 6) is 0.368. The third kappa shape index (κ3) is 6.41. The van der Waals surface area contributed by atoms with Gasteiger partial charge in [0.1, 0.15) is 28.5 Å². The summed E-state index contributed by atoms with van der Waals surface area (Å²) in [5, 5.41) is 25.5. The number of benzene rings is 2. The van der Waals surface area contributed by atoms with Gasteiger partial charge in [-0.25, -0.2) is 4.98 Å². The average Bonchev–Trinajstić information content (AvgIpc) is 2.84. The van der Waals surface area contributed by atoms with Gasteiger partial charge in [0.05, 0.1) is 5.56 Å². The molecule has 1 aromatic heterocycles. The lowest BCUT2D eigenvalue weighted by Crippen LogP contribution is -2.12. The normalized spacial score (nSPS) is 10.4. The van der Waals surface area contributed by atoms with Gasteiger partial charge in [0, 0.05) is 36.0 Å². The first kappa shape index (κ1) is 26.3. The predicted octanol–water partition coefficient (Wildman–Crippen LogP) is 5.28. The molecule has 0 aliphatic rings. The number of pyridine rings is 1. The third-order valence-electron chi connectivity index (χ3n) is 5.34. The lowest BCUT2D eigenvalue weighted by Gasteiger charge is -2.14. The maximum Gasteiger partial charge on any atom is 0.225 e. The summed E-state index contributed by atoms with van der Waals surface area (Å²) in [6.45, 7) is 5.60. The van der Waals surface area contributed by atoms with Crippen LogP contribution in [0, 0.1) is 22.7 Å². The molecule has 9 heteroatoms. The number of nitrogens with two attached hydrogens (primary N) is 1. The molecule has 36 heavy (non-hydrogen) atoms. The minimum Gasteiger partial charge on any atom is -0.383 e. The quantitative estimate of drug-likeness (QED) is 0.358. The van der Waals surface area contributed by atoms with Crippen LogP contribution in [0.1, 0.15) is 49.8 Å². The molecule has 0 bridgehead atoms. The van der Waals surface area contributed by atoms with Crippen LogP contribution in [0.4, 0.5) is 17.2 Å². The molecule has 0 aliphatic carbocycles. The summed E-state index contributed by atoms with van der Waals surface area (Å²) in [6.07, 6.45) is 0.170. The number of anilines is 3. The Morgan fingerprint density at radius 2 is 1.56 bits per heavy atom. The standard InChI is InChI=1S/C27H26N6O2S/c1-16(2)18-4-6-19(7-5-18)25-22(14-28)26(30)33-27(23(25)15-29)36-13-12-24(35)32-21-10-8-20(9-11-21)31-17(3)34/h4-11,16H,12-13H2,1-3H3,(H2,30,33)(H,31,34)(H,32,35). The van der Waals surface area contributed by atoms with E-state index in [0.717, 1.165) is 5.56 Å². The van der Waals surface area contributed by atoms with Crippen molar-refractivity contribution >= 4 is 40.8 Å². The maximum atomic E-state index is 12.4. The first-order valence-electron chi connectivity index (χ1n) is 11.3. The summed E-state index contributed by atoms with van der Waals surface area (Å²) in [4.78, 5) is 27.8. The van der Waals surface area contributed by atoms with E-state index in [2.05, 4.69) is 41.6 Å². The molecular weight excluding hydrogens is 472 g/mol. The molecule has 2 amide bonds. The largest absolute Gasteiger partial charge is 0.383 e. The zero-order valence-corrected chi connectivity index (χ0v) is 21.1. The van der Waals surface area contributed by atoms with Crippen LogP contribution < -0.4 is 16.4 Å². The molecule has 4 N–H and O–H groups in total.